The predicted octanol–water partition coefficient (Wildman–Crippen LogP) is 2.50. The molecule has 2 fully saturated rings. The topological polar surface area (TPSA) is 53.0 Å². The fourth-order valence-corrected chi connectivity index (χ4v) is 4.70. The Morgan fingerprint density at radius 2 is 2.18 bits per heavy atom. The van der Waals surface area contributed by atoms with Gasteiger partial charge in [-0.1, -0.05) is 30.3 Å². The third-order valence-corrected chi connectivity index (χ3v) is 6.42. The first-order valence-corrected chi connectivity index (χ1v) is 10.9. The number of aliphatic imine (C=N–C) groups is 1. The second-order valence-electron chi connectivity index (χ2n) is 7.37. The summed E-state index contributed by atoms with van der Waals surface area (Å²) >= 11 is 1.68. The van der Waals surface area contributed by atoms with Crippen LogP contribution in [0.15, 0.2) is 40.8 Å². The Morgan fingerprint density at radius 1 is 1.32 bits per heavy atom. The zero-order chi connectivity index (χ0) is 19.3. The molecule has 2 saturated heterocycles. The summed E-state index contributed by atoms with van der Waals surface area (Å²) in [5.74, 6) is 0.980. The molecule has 0 spiro atoms. The SMILES string of the molecule is CCNC(=NCc1scnc1C)N1CC2OCCN(Cc3ccccc3)C2C1. The van der Waals surface area contributed by atoms with Crippen molar-refractivity contribution in [2.75, 3.05) is 32.8 Å². The van der Waals surface area contributed by atoms with E-state index in [-0.39, 0.29) is 6.10 Å². The number of hydrogen-bond acceptors (Lipinski definition) is 5. The van der Waals surface area contributed by atoms with Crippen molar-refractivity contribution in [3.8, 4) is 0 Å². The van der Waals surface area contributed by atoms with E-state index in [1.807, 2.05) is 12.4 Å². The minimum absolute atomic E-state index is 0.242. The van der Waals surface area contributed by atoms with E-state index >= 15 is 0 Å². The van der Waals surface area contributed by atoms with Gasteiger partial charge in [0.25, 0.3) is 0 Å². The number of aryl methyl sites for hydroxylation is 1. The second kappa shape index (κ2) is 9.03. The van der Waals surface area contributed by atoms with Gasteiger partial charge in [0.05, 0.1) is 36.5 Å². The van der Waals surface area contributed by atoms with Crippen LogP contribution in [0.5, 0.6) is 0 Å². The number of aromatic nitrogens is 1. The molecule has 0 saturated carbocycles. The van der Waals surface area contributed by atoms with Crippen molar-refractivity contribution in [3.05, 3.63) is 52.0 Å². The highest BCUT2D eigenvalue weighted by Crippen LogP contribution is 2.25. The highest BCUT2D eigenvalue weighted by atomic mass is 32.1. The van der Waals surface area contributed by atoms with Gasteiger partial charge < -0.3 is 15.0 Å². The number of morpholine rings is 1. The number of ether oxygens (including phenoxy) is 1. The highest BCUT2D eigenvalue weighted by Gasteiger charge is 2.41. The molecule has 6 nitrogen and oxygen atoms in total. The van der Waals surface area contributed by atoms with Gasteiger partial charge in [0, 0.05) is 37.6 Å². The van der Waals surface area contributed by atoms with Crippen LogP contribution in [0.3, 0.4) is 0 Å². The van der Waals surface area contributed by atoms with Crippen LogP contribution in [0.4, 0.5) is 0 Å². The largest absolute Gasteiger partial charge is 0.373 e. The zero-order valence-corrected chi connectivity index (χ0v) is 17.5. The fourth-order valence-electron chi connectivity index (χ4n) is 4.00. The van der Waals surface area contributed by atoms with Crippen molar-refractivity contribution in [2.24, 2.45) is 4.99 Å². The maximum atomic E-state index is 6.12. The molecule has 150 valence electrons. The van der Waals surface area contributed by atoms with Crippen molar-refractivity contribution in [1.82, 2.24) is 20.1 Å². The van der Waals surface area contributed by atoms with Gasteiger partial charge in [0.2, 0.25) is 0 Å². The van der Waals surface area contributed by atoms with Crippen LogP contribution in [0.1, 0.15) is 23.1 Å². The summed E-state index contributed by atoms with van der Waals surface area (Å²) in [5.41, 5.74) is 4.34. The zero-order valence-electron chi connectivity index (χ0n) is 16.7. The molecule has 28 heavy (non-hydrogen) atoms. The third kappa shape index (κ3) is 4.37. The summed E-state index contributed by atoms with van der Waals surface area (Å²) in [4.78, 5) is 15.4. The number of hydrogen-bond donors (Lipinski definition) is 1. The van der Waals surface area contributed by atoms with Crippen LogP contribution in [0, 0.1) is 6.92 Å². The molecule has 1 N–H and O–H groups in total. The van der Waals surface area contributed by atoms with Crippen LogP contribution < -0.4 is 5.32 Å². The average molecular weight is 400 g/mol. The van der Waals surface area contributed by atoms with E-state index in [9.17, 15) is 0 Å². The number of guanidine groups is 1. The molecule has 3 heterocycles. The van der Waals surface area contributed by atoms with Gasteiger partial charge in [-0.25, -0.2) is 9.98 Å². The normalized spacial score (nSPS) is 23.1. The Bertz CT molecular complexity index is 793. The van der Waals surface area contributed by atoms with Crippen molar-refractivity contribution in [3.63, 3.8) is 0 Å². The van der Waals surface area contributed by atoms with Crippen molar-refractivity contribution in [2.45, 2.75) is 39.1 Å². The fraction of sp³-hybridized carbons (Fsp3) is 0.524. The van der Waals surface area contributed by atoms with Gasteiger partial charge in [-0.15, -0.1) is 11.3 Å². The molecular formula is C21H29N5OS. The van der Waals surface area contributed by atoms with Crippen LogP contribution in [-0.2, 0) is 17.8 Å². The van der Waals surface area contributed by atoms with E-state index in [2.05, 4.69) is 57.4 Å². The van der Waals surface area contributed by atoms with E-state index in [1.54, 1.807) is 11.3 Å². The molecule has 2 aliphatic rings. The summed E-state index contributed by atoms with van der Waals surface area (Å²) < 4.78 is 6.12. The van der Waals surface area contributed by atoms with Gasteiger partial charge in [-0.05, 0) is 19.4 Å². The van der Waals surface area contributed by atoms with Gasteiger partial charge in [-0.3, -0.25) is 4.90 Å². The first kappa shape index (κ1) is 19.4. The second-order valence-corrected chi connectivity index (χ2v) is 8.31. The Morgan fingerprint density at radius 3 is 2.93 bits per heavy atom. The number of nitrogens with zero attached hydrogens (tertiary/aromatic N) is 4. The number of fused-ring (bicyclic) bond motifs is 1. The molecule has 2 unspecified atom stereocenters. The number of rotatable bonds is 5. The van der Waals surface area contributed by atoms with Crippen LogP contribution >= 0.6 is 11.3 Å². The van der Waals surface area contributed by atoms with Gasteiger partial charge in [0.15, 0.2) is 5.96 Å². The Balaban J connectivity index is 1.45. The summed E-state index contributed by atoms with van der Waals surface area (Å²) in [6.45, 7) is 10.3. The lowest BCUT2D eigenvalue weighted by Crippen LogP contribution is -2.50. The number of likely N-dealkylation sites (tertiary alicyclic amines) is 1. The smallest absolute Gasteiger partial charge is 0.194 e. The average Bonchev–Trinajstić information content (AvgIpc) is 3.33. The summed E-state index contributed by atoms with van der Waals surface area (Å²) in [5, 5.41) is 3.47. The molecule has 2 aliphatic heterocycles. The lowest BCUT2D eigenvalue weighted by Gasteiger charge is -2.36. The lowest BCUT2D eigenvalue weighted by molar-refractivity contribution is -0.0502. The van der Waals surface area contributed by atoms with Crippen LogP contribution in [0.2, 0.25) is 0 Å². The molecule has 2 aromatic rings. The van der Waals surface area contributed by atoms with Gasteiger partial charge in [-0.2, -0.15) is 0 Å². The Hall–Kier alpha value is -1.96. The monoisotopic (exact) mass is 399 g/mol. The number of thiazole rings is 1. The van der Waals surface area contributed by atoms with E-state index in [0.717, 1.165) is 51.0 Å². The lowest BCUT2D eigenvalue weighted by atomic mass is 10.1. The first-order chi connectivity index (χ1) is 13.7. The van der Waals surface area contributed by atoms with E-state index in [0.29, 0.717) is 12.6 Å². The summed E-state index contributed by atoms with van der Waals surface area (Å²) in [6, 6.07) is 11.1. The predicted molar refractivity (Wildman–Crippen MR) is 114 cm³/mol. The molecule has 1 aromatic heterocycles. The maximum absolute atomic E-state index is 6.12. The van der Waals surface area contributed by atoms with Crippen molar-refractivity contribution < 1.29 is 4.74 Å². The number of benzene rings is 1. The maximum Gasteiger partial charge on any atom is 0.194 e. The molecule has 0 bridgehead atoms. The first-order valence-electron chi connectivity index (χ1n) is 10.1. The van der Waals surface area contributed by atoms with E-state index < -0.39 is 0 Å². The minimum Gasteiger partial charge on any atom is -0.373 e. The Kier molecular flexibility index (Phi) is 6.24. The molecule has 0 aliphatic carbocycles. The highest BCUT2D eigenvalue weighted by molar-refractivity contribution is 7.09. The van der Waals surface area contributed by atoms with Crippen molar-refractivity contribution >= 4 is 17.3 Å². The summed E-state index contributed by atoms with van der Waals surface area (Å²) in [6.07, 6.45) is 0.242. The number of nitrogens with one attached hydrogen (secondary N) is 1. The standard InChI is InChI=1S/C21H29N5OS/c1-3-22-21(23-11-20-16(2)24-15-28-20)26-13-18-19(14-26)27-10-9-25(18)12-17-7-5-4-6-8-17/h4-8,15,18-19H,3,9-14H2,1-2H3,(H,22,23). The molecule has 4 rings (SSSR count). The van der Waals surface area contributed by atoms with Gasteiger partial charge >= 0.3 is 0 Å². The summed E-state index contributed by atoms with van der Waals surface area (Å²) in [7, 11) is 0. The van der Waals surface area contributed by atoms with Gasteiger partial charge in [0.1, 0.15) is 0 Å². The van der Waals surface area contributed by atoms with Crippen LogP contribution in [0.25, 0.3) is 0 Å². The molecular weight excluding hydrogens is 370 g/mol. The molecule has 0 radical (unpaired) electrons. The molecule has 2 atom stereocenters. The molecule has 7 heteroatoms. The molecule has 1 aromatic carbocycles. The quantitative estimate of drug-likeness (QED) is 0.618. The molecule has 0 amide bonds. The minimum atomic E-state index is 0.242. The van der Waals surface area contributed by atoms with E-state index in [1.165, 1.54) is 10.4 Å². The van der Waals surface area contributed by atoms with E-state index in [4.69, 9.17) is 9.73 Å². The Labute approximate surface area is 171 Å². The third-order valence-electron chi connectivity index (χ3n) is 5.50. The van der Waals surface area contributed by atoms with Crippen LogP contribution in [-0.4, -0.2) is 65.7 Å². The van der Waals surface area contributed by atoms with Crippen molar-refractivity contribution in [1.29, 1.82) is 0 Å².